The topological polar surface area (TPSA) is 0 Å². The zero-order valence-electron chi connectivity index (χ0n) is 15.8. The number of hydrogen-bond acceptors (Lipinski definition) is 0. The molecule has 0 aromatic heterocycles. The lowest BCUT2D eigenvalue weighted by Crippen LogP contribution is -2.04. The van der Waals surface area contributed by atoms with E-state index in [1.807, 2.05) is 0 Å². The van der Waals surface area contributed by atoms with Crippen molar-refractivity contribution in [1.29, 1.82) is 0 Å². The maximum absolute atomic E-state index is 2.47. The maximum Gasteiger partial charge on any atom is 0.0305 e. The fourth-order valence-corrected chi connectivity index (χ4v) is 4.71. The van der Waals surface area contributed by atoms with Gasteiger partial charge < -0.3 is 0 Å². The van der Waals surface area contributed by atoms with Crippen molar-refractivity contribution < 1.29 is 0 Å². The lowest BCUT2D eigenvalue weighted by molar-refractivity contribution is 0.926. The minimum absolute atomic E-state index is 0.405. The van der Waals surface area contributed by atoms with Crippen molar-refractivity contribution in [2.75, 3.05) is 0 Å². The highest BCUT2D eigenvalue weighted by molar-refractivity contribution is 5.71. The molecule has 0 N–H and O–H groups in total. The molecule has 0 heteroatoms. The van der Waals surface area contributed by atoms with E-state index in [-0.39, 0.29) is 0 Å². The molecule has 0 amide bonds. The summed E-state index contributed by atoms with van der Waals surface area (Å²) in [4.78, 5) is 0. The maximum atomic E-state index is 2.47. The quantitative estimate of drug-likeness (QED) is 0.499. The third-order valence-electron chi connectivity index (χ3n) is 6.00. The van der Waals surface area contributed by atoms with Gasteiger partial charge in [0.2, 0.25) is 0 Å². The van der Waals surface area contributed by atoms with E-state index in [1.165, 1.54) is 44.5 Å². The average Bonchev–Trinajstić information content (AvgIpc) is 3.30. The van der Waals surface area contributed by atoms with E-state index in [1.54, 1.807) is 0 Å². The van der Waals surface area contributed by atoms with Crippen LogP contribution < -0.4 is 0 Å². The number of rotatable bonds is 4. The molecular weight excluding hydrogens is 324 g/mol. The molecule has 0 spiro atoms. The highest BCUT2D eigenvalue weighted by Crippen LogP contribution is 2.42. The molecule has 132 valence electrons. The minimum atomic E-state index is 0.405. The molecule has 3 aromatic carbocycles. The summed E-state index contributed by atoms with van der Waals surface area (Å²) in [6.07, 6.45) is 10.3. The Hall–Kier alpha value is -2.86. The number of aryl methyl sites for hydroxylation is 2. The zero-order chi connectivity index (χ0) is 18.2. The highest BCUT2D eigenvalue weighted by Gasteiger charge is 2.25. The summed E-state index contributed by atoms with van der Waals surface area (Å²) in [5.41, 5.74) is 11.6. The molecule has 2 aliphatic carbocycles. The smallest absolute Gasteiger partial charge is 0.0305 e. The summed E-state index contributed by atoms with van der Waals surface area (Å²) in [7, 11) is 0. The van der Waals surface area contributed by atoms with Crippen LogP contribution >= 0.6 is 0 Å². The molecule has 0 saturated heterocycles. The molecule has 0 heterocycles. The number of benzene rings is 3. The molecule has 27 heavy (non-hydrogen) atoms. The zero-order valence-corrected chi connectivity index (χ0v) is 15.8. The molecule has 3 aromatic rings. The van der Waals surface area contributed by atoms with Crippen LogP contribution in [0.2, 0.25) is 0 Å². The van der Waals surface area contributed by atoms with Crippen LogP contribution in [-0.2, 0) is 19.3 Å². The van der Waals surface area contributed by atoms with Gasteiger partial charge in [-0.05, 0) is 65.1 Å². The summed E-state index contributed by atoms with van der Waals surface area (Å²) in [6, 6.07) is 24.6. The van der Waals surface area contributed by atoms with Gasteiger partial charge in [-0.3, -0.25) is 0 Å². The molecule has 1 atom stereocenters. The second-order valence-corrected chi connectivity index (χ2v) is 7.80. The van der Waals surface area contributed by atoms with Crippen LogP contribution in [0.5, 0.6) is 0 Å². The van der Waals surface area contributed by atoms with Gasteiger partial charge >= 0.3 is 0 Å². The van der Waals surface area contributed by atoms with E-state index < -0.39 is 0 Å². The molecule has 0 radical (unpaired) electrons. The van der Waals surface area contributed by atoms with Crippen LogP contribution in [0.25, 0.3) is 12.2 Å². The molecule has 0 fully saturated rings. The summed E-state index contributed by atoms with van der Waals surface area (Å²) >= 11 is 0. The van der Waals surface area contributed by atoms with Crippen LogP contribution in [0.3, 0.4) is 0 Å². The van der Waals surface area contributed by atoms with Crippen molar-refractivity contribution in [2.24, 2.45) is 0 Å². The van der Waals surface area contributed by atoms with Gasteiger partial charge in [-0.25, -0.2) is 0 Å². The van der Waals surface area contributed by atoms with Crippen LogP contribution in [0.15, 0.2) is 78.4 Å². The molecular formula is C27H24. The van der Waals surface area contributed by atoms with Crippen LogP contribution in [0, 0.1) is 0 Å². The third kappa shape index (κ3) is 2.96. The molecule has 0 aliphatic heterocycles. The normalized spacial score (nSPS) is 16.9. The Morgan fingerprint density at radius 3 is 2.59 bits per heavy atom. The largest absolute Gasteiger partial charge is 0.0795 e. The van der Waals surface area contributed by atoms with Crippen LogP contribution in [0.1, 0.15) is 51.8 Å². The molecule has 5 rings (SSSR count). The first kappa shape index (κ1) is 16.3. The van der Waals surface area contributed by atoms with E-state index >= 15 is 0 Å². The van der Waals surface area contributed by atoms with Gasteiger partial charge in [0.15, 0.2) is 0 Å². The van der Waals surface area contributed by atoms with Crippen LogP contribution in [-0.4, -0.2) is 0 Å². The standard InChI is InChI=1S/C27H24/c1-19-16-21-10-5-6-12-26(21)27(19)24-17-22-11-7-13-25(22)23(18-24)15-14-20-8-3-2-4-9-20/h2-10,12-13,16-18,27H,11,14-15H2,1H3. The summed E-state index contributed by atoms with van der Waals surface area (Å²) < 4.78 is 0. The van der Waals surface area contributed by atoms with Gasteiger partial charge in [0.05, 0.1) is 0 Å². The first-order valence-electron chi connectivity index (χ1n) is 9.93. The second kappa shape index (κ2) is 6.70. The Labute approximate surface area is 161 Å². The molecule has 0 bridgehead atoms. The minimum Gasteiger partial charge on any atom is -0.0795 e. The van der Waals surface area contributed by atoms with Crippen molar-refractivity contribution >= 4 is 12.2 Å². The van der Waals surface area contributed by atoms with Crippen molar-refractivity contribution in [1.82, 2.24) is 0 Å². The first-order chi connectivity index (χ1) is 13.3. The van der Waals surface area contributed by atoms with Gasteiger partial charge in [0.1, 0.15) is 0 Å². The third-order valence-corrected chi connectivity index (χ3v) is 6.00. The van der Waals surface area contributed by atoms with Gasteiger partial charge in [-0.1, -0.05) is 90.5 Å². The van der Waals surface area contributed by atoms with Crippen molar-refractivity contribution in [3.8, 4) is 0 Å². The predicted octanol–water partition coefficient (Wildman–Crippen LogP) is 6.59. The Morgan fingerprint density at radius 2 is 1.70 bits per heavy atom. The average molecular weight is 348 g/mol. The van der Waals surface area contributed by atoms with Gasteiger partial charge in [-0.15, -0.1) is 0 Å². The lowest BCUT2D eigenvalue weighted by Gasteiger charge is -2.19. The number of allylic oxidation sites excluding steroid dienone is 2. The lowest BCUT2D eigenvalue weighted by atomic mass is 9.85. The fourth-order valence-electron chi connectivity index (χ4n) is 4.71. The first-order valence-corrected chi connectivity index (χ1v) is 9.93. The monoisotopic (exact) mass is 348 g/mol. The van der Waals surface area contributed by atoms with Crippen molar-refractivity contribution in [3.63, 3.8) is 0 Å². The Morgan fingerprint density at radius 1 is 0.889 bits per heavy atom. The fraction of sp³-hybridized carbons (Fsp3) is 0.185. The van der Waals surface area contributed by atoms with E-state index in [2.05, 4.69) is 91.9 Å². The highest BCUT2D eigenvalue weighted by atomic mass is 14.3. The predicted molar refractivity (Wildman–Crippen MR) is 115 cm³/mol. The van der Waals surface area contributed by atoms with E-state index in [9.17, 15) is 0 Å². The number of fused-ring (bicyclic) bond motifs is 2. The van der Waals surface area contributed by atoms with Gasteiger partial charge in [0, 0.05) is 5.92 Å². The number of hydrogen-bond donors (Lipinski definition) is 0. The second-order valence-electron chi connectivity index (χ2n) is 7.80. The molecule has 2 aliphatic rings. The van der Waals surface area contributed by atoms with Crippen molar-refractivity contribution in [2.45, 2.75) is 32.1 Å². The van der Waals surface area contributed by atoms with E-state index in [0.717, 1.165) is 19.3 Å². The van der Waals surface area contributed by atoms with E-state index in [4.69, 9.17) is 0 Å². The van der Waals surface area contributed by atoms with Crippen molar-refractivity contribution in [3.05, 3.63) is 117 Å². The SMILES string of the molecule is CC1=Cc2ccccc2C1c1cc2c(c(CCc3ccccc3)c1)C=CC2. The summed E-state index contributed by atoms with van der Waals surface area (Å²) in [5, 5.41) is 0. The summed E-state index contributed by atoms with van der Waals surface area (Å²) in [6.45, 7) is 2.28. The summed E-state index contributed by atoms with van der Waals surface area (Å²) in [5.74, 6) is 0.405. The molecule has 0 saturated carbocycles. The molecule has 1 unspecified atom stereocenters. The van der Waals surface area contributed by atoms with Gasteiger partial charge in [-0.2, -0.15) is 0 Å². The Bertz CT molecular complexity index is 1050. The van der Waals surface area contributed by atoms with Crippen LogP contribution in [0.4, 0.5) is 0 Å². The Kier molecular flexibility index (Phi) is 4.05. The van der Waals surface area contributed by atoms with E-state index in [0.29, 0.717) is 5.92 Å². The van der Waals surface area contributed by atoms with Gasteiger partial charge in [0.25, 0.3) is 0 Å². The Balaban J connectivity index is 1.53. The molecule has 0 nitrogen and oxygen atoms in total.